The SMILES string of the molecule is Cc1ccncc1C(O)CSc1cccc(Br)c1. The average molecular weight is 324 g/mol. The van der Waals surface area contributed by atoms with Crippen LogP contribution < -0.4 is 0 Å². The molecule has 0 aliphatic heterocycles. The van der Waals surface area contributed by atoms with Gasteiger partial charge in [0.05, 0.1) is 6.10 Å². The smallest absolute Gasteiger partial charge is 0.0901 e. The van der Waals surface area contributed by atoms with Crippen LogP contribution in [0, 0.1) is 6.92 Å². The summed E-state index contributed by atoms with van der Waals surface area (Å²) in [7, 11) is 0. The normalized spacial score (nSPS) is 12.4. The molecule has 1 atom stereocenters. The van der Waals surface area contributed by atoms with E-state index in [2.05, 4.69) is 20.9 Å². The Morgan fingerprint density at radius 1 is 1.39 bits per heavy atom. The van der Waals surface area contributed by atoms with E-state index in [1.54, 1.807) is 24.2 Å². The van der Waals surface area contributed by atoms with Gasteiger partial charge in [0.1, 0.15) is 0 Å². The summed E-state index contributed by atoms with van der Waals surface area (Å²) in [5.41, 5.74) is 1.98. The molecule has 2 rings (SSSR count). The molecule has 0 aliphatic rings. The maximum absolute atomic E-state index is 10.2. The van der Waals surface area contributed by atoms with Gasteiger partial charge >= 0.3 is 0 Å². The molecule has 18 heavy (non-hydrogen) atoms. The Kier molecular flexibility index (Phi) is 4.80. The van der Waals surface area contributed by atoms with Crippen LogP contribution in [0.5, 0.6) is 0 Å². The van der Waals surface area contributed by atoms with Gasteiger partial charge in [-0.15, -0.1) is 11.8 Å². The lowest BCUT2D eigenvalue weighted by Gasteiger charge is -2.12. The summed E-state index contributed by atoms with van der Waals surface area (Å²) < 4.78 is 1.06. The molecule has 0 fully saturated rings. The molecule has 1 N–H and O–H groups in total. The summed E-state index contributed by atoms with van der Waals surface area (Å²) in [6.45, 7) is 1.99. The lowest BCUT2D eigenvalue weighted by atomic mass is 10.1. The molecule has 2 aromatic rings. The standard InChI is InChI=1S/C14H14BrNOS/c1-10-5-6-16-8-13(10)14(17)9-18-12-4-2-3-11(15)7-12/h2-8,14,17H,9H2,1H3. The van der Waals surface area contributed by atoms with Crippen LogP contribution in [0.2, 0.25) is 0 Å². The van der Waals surface area contributed by atoms with Gasteiger partial charge in [0, 0.05) is 33.1 Å². The second kappa shape index (κ2) is 6.36. The highest BCUT2D eigenvalue weighted by Crippen LogP contribution is 2.27. The Morgan fingerprint density at radius 3 is 2.94 bits per heavy atom. The van der Waals surface area contributed by atoms with Gasteiger partial charge < -0.3 is 5.11 Å². The molecule has 0 aliphatic carbocycles. The predicted molar refractivity (Wildman–Crippen MR) is 78.8 cm³/mol. The van der Waals surface area contributed by atoms with E-state index < -0.39 is 6.10 Å². The first-order valence-corrected chi connectivity index (χ1v) is 7.41. The van der Waals surface area contributed by atoms with Gasteiger partial charge in [-0.25, -0.2) is 0 Å². The van der Waals surface area contributed by atoms with Gasteiger partial charge in [-0.3, -0.25) is 4.98 Å². The zero-order valence-electron chi connectivity index (χ0n) is 10.0. The summed E-state index contributed by atoms with van der Waals surface area (Å²) in [6.07, 6.45) is 3.00. The van der Waals surface area contributed by atoms with Gasteiger partial charge in [-0.1, -0.05) is 22.0 Å². The predicted octanol–water partition coefficient (Wildman–Crippen LogP) is 3.98. The van der Waals surface area contributed by atoms with Gasteiger partial charge in [-0.2, -0.15) is 0 Å². The molecule has 0 spiro atoms. The number of hydrogen-bond donors (Lipinski definition) is 1. The van der Waals surface area contributed by atoms with E-state index in [1.165, 1.54) is 0 Å². The number of pyridine rings is 1. The number of benzene rings is 1. The van der Waals surface area contributed by atoms with Gasteiger partial charge in [0.25, 0.3) is 0 Å². The molecular weight excluding hydrogens is 310 g/mol. The average Bonchev–Trinajstić information content (AvgIpc) is 2.37. The van der Waals surface area contributed by atoms with E-state index in [-0.39, 0.29) is 0 Å². The monoisotopic (exact) mass is 323 g/mol. The lowest BCUT2D eigenvalue weighted by Crippen LogP contribution is -2.03. The molecule has 1 aromatic carbocycles. The van der Waals surface area contributed by atoms with E-state index in [1.807, 2.05) is 37.3 Å². The Hall–Kier alpha value is -0.840. The number of aromatic nitrogens is 1. The fourth-order valence-electron chi connectivity index (χ4n) is 1.65. The quantitative estimate of drug-likeness (QED) is 0.864. The number of hydrogen-bond acceptors (Lipinski definition) is 3. The summed E-state index contributed by atoms with van der Waals surface area (Å²) in [6, 6.07) is 9.99. The van der Waals surface area contributed by atoms with Crippen LogP contribution in [0.15, 0.2) is 52.1 Å². The molecule has 0 amide bonds. The summed E-state index contributed by atoms with van der Waals surface area (Å²) in [4.78, 5) is 5.20. The van der Waals surface area contributed by atoms with Crippen LogP contribution in [0.1, 0.15) is 17.2 Å². The van der Waals surface area contributed by atoms with Crippen molar-refractivity contribution >= 4 is 27.7 Å². The highest BCUT2D eigenvalue weighted by molar-refractivity contribution is 9.10. The van der Waals surface area contributed by atoms with Crippen molar-refractivity contribution in [3.05, 3.63) is 58.3 Å². The molecule has 1 heterocycles. The third-order valence-corrected chi connectivity index (χ3v) is 4.21. The van der Waals surface area contributed by atoms with E-state index in [9.17, 15) is 5.11 Å². The molecule has 94 valence electrons. The van der Waals surface area contributed by atoms with Crippen molar-refractivity contribution in [2.45, 2.75) is 17.9 Å². The van der Waals surface area contributed by atoms with Crippen LogP contribution in [0.3, 0.4) is 0 Å². The van der Waals surface area contributed by atoms with E-state index >= 15 is 0 Å². The molecule has 1 aromatic heterocycles. The fourth-order valence-corrected chi connectivity index (χ4v) is 3.11. The number of aliphatic hydroxyl groups is 1. The van der Waals surface area contributed by atoms with Gasteiger partial charge in [-0.05, 0) is 36.8 Å². The number of aliphatic hydroxyl groups excluding tert-OH is 1. The van der Waals surface area contributed by atoms with Crippen LogP contribution in [-0.4, -0.2) is 15.8 Å². The molecule has 2 nitrogen and oxygen atoms in total. The number of thioether (sulfide) groups is 1. The third-order valence-electron chi connectivity index (χ3n) is 2.64. The van der Waals surface area contributed by atoms with Crippen LogP contribution >= 0.6 is 27.7 Å². The second-order valence-electron chi connectivity index (χ2n) is 4.02. The first-order chi connectivity index (χ1) is 8.66. The van der Waals surface area contributed by atoms with Crippen LogP contribution in [0.4, 0.5) is 0 Å². The largest absolute Gasteiger partial charge is 0.387 e. The highest BCUT2D eigenvalue weighted by atomic mass is 79.9. The van der Waals surface area contributed by atoms with E-state index in [0.717, 1.165) is 20.5 Å². The Bertz CT molecular complexity index is 533. The van der Waals surface area contributed by atoms with Crippen molar-refractivity contribution in [2.75, 3.05) is 5.75 Å². The first-order valence-electron chi connectivity index (χ1n) is 5.64. The van der Waals surface area contributed by atoms with Crippen LogP contribution in [-0.2, 0) is 0 Å². The minimum Gasteiger partial charge on any atom is -0.387 e. The molecule has 0 radical (unpaired) electrons. The highest BCUT2D eigenvalue weighted by Gasteiger charge is 2.10. The molecule has 4 heteroatoms. The van der Waals surface area contributed by atoms with Crippen molar-refractivity contribution in [1.82, 2.24) is 4.98 Å². The lowest BCUT2D eigenvalue weighted by molar-refractivity contribution is 0.203. The van der Waals surface area contributed by atoms with Crippen molar-refractivity contribution < 1.29 is 5.11 Å². The molecular formula is C14H14BrNOS. The fraction of sp³-hybridized carbons (Fsp3) is 0.214. The van der Waals surface area contributed by atoms with E-state index in [0.29, 0.717) is 5.75 Å². The Balaban J connectivity index is 2.00. The maximum atomic E-state index is 10.2. The number of halogens is 1. The molecule has 1 unspecified atom stereocenters. The van der Waals surface area contributed by atoms with Crippen LogP contribution in [0.25, 0.3) is 0 Å². The third kappa shape index (κ3) is 3.57. The van der Waals surface area contributed by atoms with Gasteiger partial charge in [0.15, 0.2) is 0 Å². The topological polar surface area (TPSA) is 33.1 Å². The maximum Gasteiger partial charge on any atom is 0.0901 e. The van der Waals surface area contributed by atoms with E-state index in [4.69, 9.17) is 0 Å². The zero-order chi connectivity index (χ0) is 13.0. The number of nitrogens with zero attached hydrogens (tertiary/aromatic N) is 1. The Morgan fingerprint density at radius 2 is 2.22 bits per heavy atom. The summed E-state index contributed by atoms with van der Waals surface area (Å²) in [5.74, 6) is 0.628. The number of rotatable bonds is 4. The second-order valence-corrected chi connectivity index (χ2v) is 6.03. The summed E-state index contributed by atoms with van der Waals surface area (Å²) >= 11 is 5.08. The number of aryl methyl sites for hydroxylation is 1. The molecule has 0 bridgehead atoms. The van der Waals surface area contributed by atoms with Crippen molar-refractivity contribution in [3.63, 3.8) is 0 Å². The first kappa shape index (κ1) is 13.6. The minimum absolute atomic E-state index is 0.484. The molecule has 0 saturated carbocycles. The van der Waals surface area contributed by atoms with Crippen molar-refractivity contribution in [3.8, 4) is 0 Å². The van der Waals surface area contributed by atoms with Crippen molar-refractivity contribution in [2.24, 2.45) is 0 Å². The van der Waals surface area contributed by atoms with Crippen molar-refractivity contribution in [1.29, 1.82) is 0 Å². The Labute approximate surface area is 120 Å². The van der Waals surface area contributed by atoms with Gasteiger partial charge in [0.2, 0.25) is 0 Å². The zero-order valence-corrected chi connectivity index (χ0v) is 12.4. The minimum atomic E-state index is -0.484. The summed E-state index contributed by atoms with van der Waals surface area (Å²) in [5, 5.41) is 10.2. The molecule has 0 saturated heterocycles.